The van der Waals surface area contributed by atoms with Crippen LogP contribution in [0.1, 0.15) is 5.56 Å². The van der Waals surface area contributed by atoms with E-state index in [-0.39, 0.29) is 11.9 Å². The number of aromatic nitrogens is 1. The Balaban J connectivity index is 2.00. The van der Waals surface area contributed by atoms with Gasteiger partial charge in [0.2, 0.25) is 0 Å². The Morgan fingerprint density at radius 2 is 2.33 bits per heavy atom. The summed E-state index contributed by atoms with van der Waals surface area (Å²) in [5.41, 5.74) is -0.756. The van der Waals surface area contributed by atoms with Crippen LogP contribution in [0.4, 0.5) is 19.0 Å². The summed E-state index contributed by atoms with van der Waals surface area (Å²) in [5, 5.41) is 5.80. The highest BCUT2D eigenvalue weighted by molar-refractivity contribution is 5.45. The Labute approximate surface area is 103 Å². The van der Waals surface area contributed by atoms with Crippen LogP contribution in [-0.2, 0) is 10.9 Å². The van der Waals surface area contributed by atoms with Gasteiger partial charge in [0.05, 0.1) is 18.3 Å². The highest BCUT2D eigenvalue weighted by Crippen LogP contribution is 2.33. The van der Waals surface area contributed by atoms with Crippen molar-refractivity contribution in [1.29, 1.82) is 0 Å². The molecule has 0 bridgehead atoms. The highest BCUT2D eigenvalue weighted by atomic mass is 19.4. The van der Waals surface area contributed by atoms with Crippen LogP contribution in [-0.4, -0.2) is 37.3 Å². The third kappa shape index (κ3) is 3.33. The molecule has 1 aromatic heterocycles. The fourth-order valence-electron chi connectivity index (χ4n) is 1.74. The number of nitrogens with one attached hydrogen (secondary N) is 2. The van der Waals surface area contributed by atoms with Gasteiger partial charge in [0.25, 0.3) is 0 Å². The summed E-state index contributed by atoms with van der Waals surface area (Å²) in [6, 6.07) is 2.28. The van der Waals surface area contributed by atoms with Crippen molar-refractivity contribution in [3.8, 4) is 0 Å². The number of rotatable bonds is 3. The monoisotopic (exact) mass is 261 g/mol. The van der Waals surface area contributed by atoms with Crippen molar-refractivity contribution in [2.45, 2.75) is 12.3 Å². The van der Waals surface area contributed by atoms with E-state index < -0.39 is 11.7 Å². The first kappa shape index (κ1) is 13.1. The van der Waals surface area contributed by atoms with E-state index in [0.29, 0.717) is 19.7 Å². The van der Waals surface area contributed by atoms with Crippen LogP contribution in [0.5, 0.6) is 0 Å². The molecule has 0 aliphatic carbocycles. The Morgan fingerprint density at radius 1 is 1.50 bits per heavy atom. The van der Waals surface area contributed by atoms with Crippen molar-refractivity contribution >= 4 is 5.82 Å². The molecule has 0 unspecified atom stereocenters. The second-order valence-electron chi connectivity index (χ2n) is 3.98. The summed E-state index contributed by atoms with van der Waals surface area (Å²) in [6.07, 6.45) is -3.21. The number of anilines is 1. The lowest BCUT2D eigenvalue weighted by molar-refractivity contribution is -0.137. The molecule has 0 spiro atoms. The van der Waals surface area contributed by atoms with E-state index in [0.717, 1.165) is 12.6 Å². The number of hydrogen-bond donors (Lipinski definition) is 2. The Hall–Kier alpha value is -1.34. The van der Waals surface area contributed by atoms with Crippen LogP contribution in [0, 0.1) is 0 Å². The molecule has 18 heavy (non-hydrogen) atoms. The van der Waals surface area contributed by atoms with Gasteiger partial charge in [-0.1, -0.05) is 0 Å². The lowest BCUT2D eigenvalue weighted by Crippen LogP contribution is -2.42. The van der Waals surface area contributed by atoms with Gasteiger partial charge in [0.15, 0.2) is 0 Å². The van der Waals surface area contributed by atoms with E-state index in [1.165, 1.54) is 12.3 Å². The van der Waals surface area contributed by atoms with Crippen LogP contribution in [0.2, 0.25) is 0 Å². The van der Waals surface area contributed by atoms with Gasteiger partial charge in [0.1, 0.15) is 5.82 Å². The van der Waals surface area contributed by atoms with Gasteiger partial charge in [-0.15, -0.1) is 0 Å². The van der Waals surface area contributed by atoms with Crippen LogP contribution < -0.4 is 10.6 Å². The predicted octanol–water partition coefficient (Wildman–Crippen LogP) is 1.50. The van der Waals surface area contributed by atoms with Crippen molar-refractivity contribution in [3.63, 3.8) is 0 Å². The van der Waals surface area contributed by atoms with Crippen molar-refractivity contribution < 1.29 is 17.9 Å². The van der Waals surface area contributed by atoms with E-state index >= 15 is 0 Å². The molecule has 1 fully saturated rings. The molecule has 0 amide bonds. The number of pyridine rings is 1. The van der Waals surface area contributed by atoms with E-state index in [1.807, 2.05) is 0 Å². The minimum absolute atomic E-state index is 0.137. The van der Waals surface area contributed by atoms with Gasteiger partial charge in [-0.25, -0.2) is 4.98 Å². The van der Waals surface area contributed by atoms with Gasteiger partial charge < -0.3 is 15.4 Å². The largest absolute Gasteiger partial charge is 0.419 e. The topological polar surface area (TPSA) is 46.2 Å². The maximum absolute atomic E-state index is 12.7. The summed E-state index contributed by atoms with van der Waals surface area (Å²) < 4.78 is 43.5. The number of halogens is 3. The average molecular weight is 261 g/mol. The number of alkyl halides is 3. The molecule has 2 N–H and O–H groups in total. The van der Waals surface area contributed by atoms with Gasteiger partial charge in [-0.05, 0) is 12.1 Å². The molecule has 100 valence electrons. The summed E-state index contributed by atoms with van der Waals surface area (Å²) in [4.78, 5) is 3.72. The summed E-state index contributed by atoms with van der Waals surface area (Å²) in [6.45, 7) is 2.27. The number of hydrogen-bond acceptors (Lipinski definition) is 4. The highest BCUT2D eigenvalue weighted by Gasteiger charge is 2.34. The van der Waals surface area contributed by atoms with Gasteiger partial charge >= 0.3 is 6.18 Å². The summed E-state index contributed by atoms with van der Waals surface area (Å²) >= 11 is 0. The Kier molecular flexibility index (Phi) is 4.03. The molecule has 0 saturated carbocycles. The minimum atomic E-state index is -4.40. The fraction of sp³-hybridized carbons (Fsp3) is 0.545. The predicted molar refractivity (Wildman–Crippen MR) is 60.3 cm³/mol. The maximum Gasteiger partial charge on any atom is 0.419 e. The third-order valence-electron chi connectivity index (χ3n) is 2.61. The SMILES string of the molecule is FC(F)(F)c1cccnc1NC[C@@H]1CNCCO1. The second-order valence-corrected chi connectivity index (χ2v) is 3.98. The zero-order chi connectivity index (χ0) is 13.0. The molecular formula is C11H14F3N3O. The van der Waals surface area contributed by atoms with Crippen LogP contribution in [0.25, 0.3) is 0 Å². The zero-order valence-corrected chi connectivity index (χ0v) is 9.63. The third-order valence-corrected chi connectivity index (χ3v) is 2.61. The first-order chi connectivity index (χ1) is 8.57. The molecule has 2 rings (SSSR count). The molecule has 7 heteroatoms. The minimum Gasteiger partial charge on any atom is -0.374 e. The summed E-state index contributed by atoms with van der Waals surface area (Å²) in [7, 11) is 0. The molecule has 1 aliphatic heterocycles. The van der Waals surface area contributed by atoms with E-state index in [2.05, 4.69) is 15.6 Å². The van der Waals surface area contributed by atoms with E-state index in [1.54, 1.807) is 0 Å². The van der Waals surface area contributed by atoms with Crippen molar-refractivity contribution in [1.82, 2.24) is 10.3 Å². The normalized spacial score (nSPS) is 20.7. The van der Waals surface area contributed by atoms with Gasteiger partial charge in [0, 0.05) is 25.8 Å². The average Bonchev–Trinajstić information content (AvgIpc) is 2.37. The first-order valence-corrected chi connectivity index (χ1v) is 5.66. The number of ether oxygens (including phenoxy) is 1. The Morgan fingerprint density at radius 3 is 3.00 bits per heavy atom. The first-order valence-electron chi connectivity index (χ1n) is 5.66. The van der Waals surface area contributed by atoms with Crippen LogP contribution in [0.15, 0.2) is 18.3 Å². The van der Waals surface area contributed by atoms with E-state index in [9.17, 15) is 13.2 Å². The molecule has 0 aromatic carbocycles. The summed E-state index contributed by atoms with van der Waals surface area (Å²) in [5.74, 6) is -0.154. The molecule has 0 radical (unpaired) electrons. The lowest BCUT2D eigenvalue weighted by Gasteiger charge is -2.24. The van der Waals surface area contributed by atoms with Gasteiger partial charge in [-0.3, -0.25) is 0 Å². The van der Waals surface area contributed by atoms with Crippen molar-refractivity contribution in [3.05, 3.63) is 23.9 Å². The lowest BCUT2D eigenvalue weighted by atomic mass is 10.2. The van der Waals surface area contributed by atoms with E-state index in [4.69, 9.17) is 4.74 Å². The molecule has 4 nitrogen and oxygen atoms in total. The van der Waals surface area contributed by atoms with Crippen LogP contribution in [0.3, 0.4) is 0 Å². The molecule has 1 atom stereocenters. The molecule has 1 aliphatic rings. The molecular weight excluding hydrogens is 247 g/mol. The van der Waals surface area contributed by atoms with Gasteiger partial charge in [-0.2, -0.15) is 13.2 Å². The molecule has 1 aromatic rings. The quantitative estimate of drug-likeness (QED) is 0.865. The standard InChI is InChI=1S/C11H14F3N3O/c12-11(13,14)9-2-1-3-16-10(9)17-7-8-6-15-4-5-18-8/h1-3,8,15H,4-7H2,(H,16,17)/t8-/m0/s1. The molecule has 1 saturated heterocycles. The molecule has 2 heterocycles. The smallest absolute Gasteiger partial charge is 0.374 e. The van der Waals surface area contributed by atoms with Crippen LogP contribution >= 0.6 is 0 Å². The number of morpholine rings is 1. The maximum atomic E-state index is 12.7. The second kappa shape index (κ2) is 5.53. The van der Waals surface area contributed by atoms with Crippen molar-refractivity contribution in [2.75, 3.05) is 31.6 Å². The fourth-order valence-corrected chi connectivity index (χ4v) is 1.74. The number of nitrogens with zero attached hydrogens (tertiary/aromatic N) is 1. The Bertz CT molecular complexity index is 391. The zero-order valence-electron chi connectivity index (χ0n) is 9.63. The van der Waals surface area contributed by atoms with Crippen molar-refractivity contribution in [2.24, 2.45) is 0 Å².